The molecule has 1 aromatic rings. The Bertz CT molecular complexity index is 234. The summed E-state index contributed by atoms with van der Waals surface area (Å²) in [5.74, 6) is 0. The molecule has 0 aromatic carbocycles. The van der Waals surface area contributed by atoms with Crippen molar-refractivity contribution in [1.29, 1.82) is 0 Å². The van der Waals surface area contributed by atoms with Gasteiger partial charge in [-0.1, -0.05) is 13.0 Å². The molecule has 0 radical (unpaired) electrons. The molecule has 1 heterocycles. The summed E-state index contributed by atoms with van der Waals surface area (Å²) in [6.07, 6.45) is 3.67. The molecule has 0 aliphatic heterocycles. The maximum atomic E-state index is 9.58. The monoisotopic (exact) mass is 228 g/mol. The van der Waals surface area contributed by atoms with Crippen LogP contribution in [0.4, 0.5) is 0 Å². The lowest BCUT2D eigenvalue weighted by Crippen LogP contribution is -2.15. The quantitative estimate of drug-likeness (QED) is 0.693. The summed E-state index contributed by atoms with van der Waals surface area (Å²) in [6, 6.07) is 4.21. The molecule has 0 saturated carbocycles. The minimum atomic E-state index is -0.295. The summed E-state index contributed by atoms with van der Waals surface area (Å²) >= 11 is 1.78. The molecule has 1 atom stereocenters. The first kappa shape index (κ1) is 12.7. The van der Waals surface area contributed by atoms with E-state index in [0.29, 0.717) is 6.61 Å². The lowest BCUT2D eigenvalue weighted by atomic mass is 10.1. The van der Waals surface area contributed by atoms with Gasteiger partial charge in [-0.15, -0.1) is 11.3 Å². The fourth-order valence-electron chi connectivity index (χ4n) is 1.41. The van der Waals surface area contributed by atoms with Gasteiger partial charge in [-0.05, 0) is 37.1 Å². The van der Waals surface area contributed by atoms with Crippen molar-refractivity contribution < 1.29 is 9.84 Å². The largest absolute Gasteiger partial charge is 0.391 e. The van der Waals surface area contributed by atoms with Gasteiger partial charge in [0.15, 0.2) is 0 Å². The summed E-state index contributed by atoms with van der Waals surface area (Å²) in [5.41, 5.74) is 0. The molecule has 3 heteroatoms. The molecular formula is C12H20O2S. The van der Waals surface area contributed by atoms with Crippen molar-refractivity contribution in [3.05, 3.63) is 22.4 Å². The lowest BCUT2D eigenvalue weighted by Gasteiger charge is -2.10. The van der Waals surface area contributed by atoms with Gasteiger partial charge in [0.05, 0.1) is 12.7 Å². The Morgan fingerprint density at radius 3 is 3.07 bits per heavy atom. The molecule has 0 bridgehead atoms. The number of aliphatic hydroxyl groups excluding tert-OH is 1. The molecule has 0 amide bonds. The van der Waals surface area contributed by atoms with Gasteiger partial charge in [0.2, 0.25) is 0 Å². The summed E-state index contributed by atoms with van der Waals surface area (Å²) < 4.78 is 5.28. The first-order valence-corrected chi connectivity index (χ1v) is 6.49. The van der Waals surface area contributed by atoms with Crippen molar-refractivity contribution in [1.82, 2.24) is 0 Å². The van der Waals surface area contributed by atoms with E-state index >= 15 is 0 Å². The molecule has 0 aliphatic rings. The molecule has 1 aromatic heterocycles. The first-order chi connectivity index (χ1) is 7.33. The number of hydrogen-bond acceptors (Lipinski definition) is 3. The molecule has 1 N–H and O–H groups in total. The smallest absolute Gasteiger partial charge is 0.0773 e. The second kappa shape index (κ2) is 7.85. The van der Waals surface area contributed by atoms with Gasteiger partial charge >= 0.3 is 0 Å². The second-order valence-electron chi connectivity index (χ2n) is 3.70. The number of ether oxygens (including phenoxy) is 1. The van der Waals surface area contributed by atoms with Crippen LogP contribution in [-0.2, 0) is 11.2 Å². The minimum Gasteiger partial charge on any atom is -0.391 e. The van der Waals surface area contributed by atoms with Crippen LogP contribution in [0.25, 0.3) is 0 Å². The standard InChI is InChI=1S/C12H20O2S/c1-2-8-14-10-11(13)5-3-6-12-7-4-9-15-12/h4,7,9,11,13H,2-3,5-6,8,10H2,1H3. The highest BCUT2D eigenvalue weighted by Gasteiger charge is 2.04. The molecule has 0 aliphatic carbocycles. The summed E-state index contributed by atoms with van der Waals surface area (Å²) in [7, 11) is 0. The predicted octanol–water partition coefficient (Wildman–Crippen LogP) is 2.86. The van der Waals surface area contributed by atoms with Crippen LogP contribution < -0.4 is 0 Å². The lowest BCUT2D eigenvalue weighted by molar-refractivity contribution is 0.0320. The van der Waals surface area contributed by atoms with E-state index in [9.17, 15) is 5.11 Å². The Kier molecular flexibility index (Phi) is 6.64. The topological polar surface area (TPSA) is 29.5 Å². The maximum Gasteiger partial charge on any atom is 0.0773 e. The molecule has 1 unspecified atom stereocenters. The van der Waals surface area contributed by atoms with Gasteiger partial charge in [0.1, 0.15) is 0 Å². The van der Waals surface area contributed by atoms with E-state index in [2.05, 4.69) is 24.4 Å². The van der Waals surface area contributed by atoms with E-state index in [1.165, 1.54) is 4.88 Å². The zero-order valence-corrected chi connectivity index (χ0v) is 10.1. The van der Waals surface area contributed by atoms with Gasteiger partial charge in [-0.3, -0.25) is 0 Å². The van der Waals surface area contributed by atoms with Gasteiger partial charge in [0, 0.05) is 11.5 Å². The molecular weight excluding hydrogens is 208 g/mol. The molecule has 0 saturated heterocycles. The number of hydrogen-bond donors (Lipinski definition) is 1. The molecule has 0 spiro atoms. The molecule has 0 fully saturated rings. The number of thiophene rings is 1. The van der Waals surface area contributed by atoms with Crippen molar-refractivity contribution in [2.24, 2.45) is 0 Å². The predicted molar refractivity (Wildman–Crippen MR) is 64.4 cm³/mol. The van der Waals surface area contributed by atoms with Crippen LogP contribution in [0.2, 0.25) is 0 Å². The average molecular weight is 228 g/mol. The van der Waals surface area contributed by atoms with Crippen molar-refractivity contribution >= 4 is 11.3 Å². The maximum absolute atomic E-state index is 9.58. The molecule has 1 rings (SSSR count). The van der Waals surface area contributed by atoms with E-state index in [1.54, 1.807) is 11.3 Å². The van der Waals surface area contributed by atoms with Gasteiger partial charge in [-0.25, -0.2) is 0 Å². The highest BCUT2D eigenvalue weighted by molar-refractivity contribution is 7.09. The van der Waals surface area contributed by atoms with Gasteiger partial charge in [-0.2, -0.15) is 0 Å². The Hall–Kier alpha value is -0.380. The van der Waals surface area contributed by atoms with Crippen LogP contribution in [0.3, 0.4) is 0 Å². The van der Waals surface area contributed by atoms with Gasteiger partial charge in [0.25, 0.3) is 0 Å². The Morgan fingerprint density at radius 2 is 2.40 bits per heavy atom. The van der Waals surface area contributed by atoms with Crippen LogP contribution in [0.5, 0.6) is 0 Å². The summed E-state index contributed by atoms with van der Waals surface area (Å²) in [6.45, 7) is 3.31. The fraction of sp³-hybridized carbons (Fsp3) is 0.667. The Labute approximate surface area is 95.9 Å². The van der Waals surface area contributed by atoms with Crippen molar-refractivity contribution in [3.8, 4) is 0 Å². The Morgan fingerprint density at radius 1 is 1.53 bits per heavy atom. The zero-order valence-electron chi connectivity index (χ0n) is 9.32. The van der Waals surface area contributed by atoms with Crippen LogP contribution in [0.1, 0.15) is 31.1 Å². The third-order valence-electron chi connectivity index (χ3n) is 2.20. The van der Waals surface area contributed by atoms with Crippen molar-refractivity contribution in [2.45, 2.75) is 38.7 Å². The zero-order chi connectivity index (χ0) is 10.9. The van der Waals surface area contributed by atoms with Crippen LogP contribution in [0.15, 0.2) is 17.5 Å². The van der Waals surface area contributed by atoms with E-state index in [0.717, 1.165) is 32.3 Å². The number of rotatable bonds is 8. The van der Waals surface area contributed by atoms with Crippen molar-refractivity contribution in [2.75, 3.05) is 13.2 Å². The normalized spacial score (nSPS) is 12.9. The van der Waals surface area contributed by atoms with E-state index in [1.807, 2.05) is 0 Å². The second-order valence-corrected chi connectivity index (χ2v) is 4.73. The van der Waals surface area contributed by atoms with Gasteiger partial charge < -0.3 is 9.84 Å². The highest BCUT2D eigenvalue weighted by Crippen LogP contribution is 2.12. The van der Waals surface area contributed by atoms with Crippen molar-refractivity contribution in [3.63, 3.8) is 0 Å². The van der Waals surface area contributed by atoms with E-state index in [4.69, 9.17) is 4.74 Å². The number of aliphatic hydroxyl groups is 1. The number of aryl methyl sites for hydroxylation is 1. The molecule has 15 heavy (non-hydrogen) atoms. The molecule has 86 valence electrons. The fourth-order valence-corrected chi connectivity index (χ4v) is 2.17. The molecule has 2 nitrogen and oxygen atoms in total. The Balaban J connectivity index is 1.99. The third-order valence-corrected chi connectivity index (χ3v) is 3.14. The SMILES string of the molecule is CCCOCC(O)CCCc1cccs1. The van der Waals surface area contributed by atoms with E-state index < -0.39 is 0 Å². The third kappa shape index (κ3) is 5.92. The summed E-state index contributed by atoms with van der Waals surface area (Å²) in [5, 5.41) is 11.7. The first-order valence-electron chi connectivity index (χ1n) is 5.61. The van der Waals surface area contributed by atoms with Crippen LogP contribution in [-0.4, -0.2) is 24.4 Å². The van der Waals surface area contributed by atoms with E-state index in [-0.39, 0.29) is 6.10 Å². The van der Waals surface area contributed by atoms with Crippen LogP contribution in [0, 0.1) is 0 Å². The highest BCUT2D eigenvalue weighted by atomic mass is 32.1. The average Bonchev–Trinajstić information content (AvgIpc) is 2.71. The minimum absolute atomic E-state index is 0.295. The van der Waals surface area contributed by atoms with Crippen LogP contribution >= 0.6 is 11.3 Å². The summed E-state index contributed by atoms with van der Waals surface area (Å²) in [4.78, 5) is 1.40.